The molecule has 0 aromatic heterocycles. The molecule has 2 aromatic carbocycles. The monoisotopic (exact) mass is 319 g/mol. The van der Waals surface area contributed by atoms with Crippen LogP contribution in [-0.2, 0) is 13.2 Å². The van der Waals surface area contributed by atoms with E-state index in [0.29, 0.717) is 12.6 Å². The van der Waals surface area contributed by atoms with Crippen LogP contribution >= 0.6 is 12.4 Å². The van der Waals surface area contributed by atoms with Crippen molar-refractivity contribution < 1.29 is 9.47 Å². The van der Waals surface area contributed by atoms with E-state index in [9.17, 15) is 0 Å². The molecule has 0 saturated heterocycles. The molecule has 118 valence electrons. The molecule has 4 heteroatoms. The van der Waals surface area contributed by atoms with E-state index in [1.807, 2.05) is 30.3 Å². The molecule has 0 unspecified atom stereocenters. The predicted molar refractivity (Wildman–Crippen MR) is 90.9 cm³/mol. The molecular formula is C18H22ClNO2. The number of hydrogen-bond donors (Lipinski definition) is 1. The van der Waals surface area contributed by atoms with Gasteiger partial charge in [0.15, 0.2) is 11.5 Å². The first-order chi connectivity index (χ1) is 10.4. The zero-order chi connectivity index (χ0) is 14.5. The van der Waals surface area contributed by atoms with Gasteiger partial charge in [0, 0.05) is 18.2 Å². The van der Waals surface area contributed by atoms with Crippen LogP contribution in [0.15, 0.2) is 48.5 Å². The predicted octanol–water partition coefficient (Wildman–Crippen LogP) is 3.95. The number of ether oxygens (including phenoxy) is 2. The third-order valence-corrected chi connectivity index (χ3v) is 3.66. The zero-order valence-electron chi connectivity index (χ0n) is 12.7. The van der Waals surface area contributed by atoms with E-state index in [1.165, 1.54) is 12.8 Å². The topological polar surface area (TPSA) is 30.5 Å². The minimum absolute atomic E-state index is 0. The molecule has 3 rings (SSSR count). The summed E-state index contributed by atoms with van der Waals surface area (Å²) in [6, 6.07) is 16.9. The smallest absolute Gasteiger partial charge is 0.166 e. The van der Waals surface area contributed by atoms with E-state index in [0.717, 1.165) is 29.2 Å². The lowest BCUT2D eigenvalue weighted by Gasteiger charge is -2.15. The second-order valence-electron chi connectivity index (χ2n) is 5.38. The molecule has 0 aliphatic heterocycles. The Morgan fingerprint density at radius 2 is 1.82 bits per heavy atom. The third kappa shape index (κ3) is 4.39. The van der Waals surface area contributed by atoms with Crippen molar-refractivity contribution in [3.05, 3.63) is 59.7 Å². The minimum atomic E-state index is 0. The van der Waals surface area contributed by atoms with Crippen LogP contribution in [-0.4, -0.2) is 13.2 Å². The van der Waals surface area contributed by atoms with Crippen molar-refractivity contribution in [1.29, 1.82) is 0 Å². The molecule has 1 saturated carbocycles. The zero-order valence-corrected chi connectivity index (χ0v) is 13.6. The summed E-state index contributed by atoms with van der Waals surface area (Å²) in [5.74, 6) is 1.64. The number of nitrogens with one attached hydrogen (secondary N) is 1. The first-order valence-electron chi connectivity index (χ1n) is 7.43. The number of hydrogen-bond acceptors (Lipinski definition) is 3. The fourth-order valence-electron chi connectivity index (χ4n) is 2.30. The lowest BCUT2D eigenvalue weighted by Crippen LogP contribution is -2.16. The second kappa shape index (κ2) is 8.06. The third-order valence-electron chi connectivity index (χ3n) is 3.66. The Hall–Kier alpha value is -1.71. The van der Waals surface area contributed by atoms with Gasteiger partial charge in [-0.3, -0.25) is 0 Å². The van der Waals surface area contributed by atoms with Gasteiger partial charge in [0.05, 0.1) is 7.11 Å². The van der Waals surface area contributed by atoms with Gasteiger partial charge in [0.1, 0.15) is 6.61 Å². The Kier molecular flexibility index (Phi) is 6.10. The second-order valence-corrected chi connectivity index (χ2v) is 5.38. The standard InChI is InChI=1S/C18H21NO2.ClH/c1-20-17-9-5-8-15(12-19-16-10-11-16)18(17)21-13-14-6-3-2-4-7-14;/h2-9,16,19H,10-13H2,1H3;1H. The van der Waals surface area contributed by atoms with Gasteiger partial charge in [-0.25, -0.2) is 0 Å². The van der Waals surface area contributed by atoms with Crippen LogP contribution in [0.2, 0.25) is 0 Å². The van der Waals surface area contributed by atoms with E-state index in [2.05, 4.69) is 23.5 Å². The molecule has 1 fully saturated rings. The van der Waals surface area contributed by atoms with Crippen LogP contribution in [0.4, 0.5) is 0 Å². The summed E-state index contributed by atoms with van der Waals surface area (Å²) in [7, 11) is 1.68. The summed E-state index contributed by atoms with van der Waals surface area (Å²) in [6.07, 6.45) is 2.56. The van der Waals surface area contributed by atoms with Crippen molar-refractivity contribution in [3.63, 3.8) is 0 Å². The summed E-state index contributed by atoms with van der Waals surface area (Å²) in [4.78, 5) is 0. The first kappa shape index (κ1) is 16.7. The highest BCUT2D eigenvalue weighted by atomic mass is 35.5. The summed E-state index contributed by atoms with van der Waals surface area (Å²) in [5, 5.41) is 3.53. The fourth-order valence-corrected chi connectivity index (χ4v) is 2.30. The Balaban J connectivity index is 0.00000176. The van der Waals surface area contributed by atoms with E-state index in [4.69, 9.17) is 9.47 Å². The molecule has 3 nitrogen and oxygen atoms in total. The highest BCUT2D eigenvalue weighted by Gasteiger charge is 2.21. The van der Waals surface area contributed by atoms with Gasteiger partial charge >= 0.3 is 0 Å². The van der Waals surface area contributed by atoms with Crippen molar-refractivity contribution in [2.75, 3.05) is 7.11 Å². The van der Waals surface area contributed by atoms with Crippen molar-refractivity contribution >= 4 is 12.4 Å². The van der Waals surface area contributed by atoms with Crippen molar-refractivity contribution in [2.45, 2.75) is 32.0 Å². The van der Waals surface area contributed by atoms with E-state index in [-0.39, 0.29) is 12.4 Å². The fraction of sp³-hybridized carbons (Fsp3) is 0.333. The first-order valence-corrected chi connectivity index (χ1v) is 7.43. The molecule has 0 radical (unpaired) electrons. The van der Waals surface area contributed by atoms with Crippen molar-refractivity contribution in [2.24, 2.45) is 0 Å². The van der Waals surface area contributed by atoms with Crippen LogP contribution in [0.1, 0.15) is 24.0 Å². The molecule has 0 atom stereocenters. The Morgan fingerprint density at radius 1 is 1.05 bits per heavy atom. The molecule has 0 spiro atoms. The maximum absolute atomic E-state index is 6.03. The van der Waals surface area contributed by atoms with Gasteiger partial charge < -0.3 is 14.8 Å². The summed E-state index contributed by atoms with van der Waals surface area (Å²) in [5.41, 5.74) is 2.31. The van der Waals surface area contributed by atoms with Crippen molar-refractivity contribution in [3.8, 4) is 11.5 Å². The normalized spacial score (nSPS) is 13.3. The number of benzene rings is 2. The number of rotatable bonds is 7. The average molecular weight is 320 g/mol. The molecule has 2 aromatic rings. The average Bonchev–Trinajstić information content (AvgIpc) is 3.36. The molecule has 1 aliphatic rings. The Bertz CT molecular complexity index is 585. The number of methoxy groups -OCH3 is 1. The molecule has 0 amide bonds. The van der Waals surface area contributed by atoms with Crippen LogP contribution in [0.25, 0.3) is 0 Å². The van der Waals surface area contributed by atoms with Gasteiger partial charge in [0.2, 0.25) is 0 Å². The largest absolute Gasteiger partial charge is 0.493 e. The van der Waals surface area contributed by atoms with Crippen LogP contribution < -0.4 is 14.8 Å². The van der Waals surface area contributed by atoms with Crippen LogP contribution in [0, 0.1) is 0 Å². The van der Waals surface area contributed by atoms with Crippen LogP contribution in [0.5, 0.6) is 11.5 Å². The van der Waals surface area contributed by atoms with Crippen LogP contribution in [0.3, 0.4) is 0 Å². The maximum atomic E-state index is 6.03. The van der Waals surface area contributed by atoms with Gasteiger partial charge in [-0.15, -0.1) is 12.4 Å². The minimum Gasteiger partial charge on any atom is -0.493 e. The number of para-hydroxylation sites is 1. The van der Waals surface area contributed by atoms with Crippen molar-refractivity contribution in [1.82, 2.24) is 5.32 Å². The van der Waals surface area contributed by atoms with Gasteiger partial charge in [-0.2, -0.15) is 0 Å². The van der Waals surface area contributed by atoms with Gasteiger partial charge in [-0.05, 0) is 24.5 Å². The summed E-state index contributed by atoms with van der Waals surface area (Å²) < 4.78 is 11.5. The number of halogens is 1. The highest BCUT2D eigenvalue weighted by molar-refractivity contribution is 5.85. The lowest BCUT2D eigenvalue weighted by molar-refractivity contribution is 0.280. The Labute approximate surface area is 138 Å². The summed E-state index contributed by atoms with van der Waals surface area (Å²) >= 11 is 0. The molecule has 1 aliphatic carbocycles. The quantitative estimate of drug-likeness (QED) is 0.838. The van der Waals surface area contributed by atoms with E-state index in [1.54, 1.807) is 7.11 Å². The lowest BCUT2D eigenvalue weighted by atomic mass is 10.1. The molecular weight excluding hydrogens is 298 g/mol. The summed E-state index contributed by atoms with van der Waals surface area (Å²) in [6.45, 7) is 1.38. The highest BCUT2D eigenvalue weighted by Crippen LogP contribution is 2.32. The van der Waals surface area contributed by atoms with E-state index < -0.39 is 0 Å². The molecule has 0 bridgehead atoms. The molecule has 0 heterocycles. The van der Waals surface area contributed by atoms with Gasteiger partial charge in [-0.1, -0.05) is 42.5 Å². The maximum Gasteiger partial charge on any atom is 0.166 e. The SMILES string of the molecule is COc1cccc(CNC2CC2)c1OCc1ccccc1.Cl. The Morgan fingerprint density at radius 3 is 2.50 bits per heavy atom. The van der Waals surface area contributed by atoms with Gasteiger partial charge in [0.25, 0.3) is 0 Å². The molecule has 1 N–H and O–H groups in total. The molecule has 22 heavy (non-hydrogen) atoms. The van der Waals surface area contributed by atoms with E-state index >= 15 is 0 Å².